The van der Waals surface area contributed by atoms with E-state index < -0.39 is 34.1 Å². The number of benzene rings is 4. The minimum Gasteiger partial charge on any atom is -0.350 e. The molecule has 1 atom stereocenters. The Morgan fingerprint density at radius 3 is 2.04 bits per heavy atom. The second-order valence-corrected chi connectivity index (χ2v) is 14.6. The van der Waals surface area contributed by atoms with Crippen molar-refractivity contribution in [1.82, 2.24) is 10.2 Å². The summed E-state index contributed by atoms with van der Waals surface area (Å²) in [6.45, 7) is 6.84. The van der Waals surface area contributed by atoms with Crippen LogP contribution in [0.4, 0.5) is 5.69 Å². The summed E-state index contributed by atoms with van der Waals surface area (Å²) in [6, 6.07) is 28.2. The molecule has 45 heavy (non-hydrogen) atoms. The smallest absolute Gasteiger partial charge is 0.264 e. The number of anilines is 1. The van der Waals surface area contributed by atoms with Gasteiger partial charge in [0.1, 0.15) is 12.6 Å². The normalized spacial score (nSPS) is 12.3. The number of carbonyl (C=O) groups is 2. The van der Waals surface area contributed by atoms with Crippen molar-refractivity contribution >= 4 is 50.7 Å². The number of nitrogens with one attached hydrogen (secondary N) is 1. The zero-order chi connectivity index (χ0) is 32.8. The van der Waals surface area contributed by atoms with Gasteiger partial charge in [-0.05, 0) is 80.8 Å². The van der Waals surface area contributed by atoms with E-state index in [9.17, 15) is 18.0 Å². The Morgan fingerprint density at radius 2 is 1.44 bits per heavy atom. The highest BCUT2D eigenvalue weighted by Crippen LogP contribution is 2.29. The van der Waals surface area contributed by atoms with Crippen molar-refractivity contribution < 1.29 is 18.0 Å². The Hall–Kier alpha value is -3.85. The molecule has 0 aliphatic rings. The minimum atomic E-state index is -4.22. The van der Waals surface area contributed by atoms with Gasteiger partial charge in [-0.25, -0.2) is 8.42 Å². The van der Waals surface area contributed by atoms with E-state index in [1.165, 1.54) is 23.1 Å². The van der Waals surface area contributed by atoms with Crippen LogP contribution in [0.5, 0.6) is 0 Å². The van der Waals surface area contributed by atoms with Gasteiger partial charge in [-0.2, -0.15) is 0 Å². The van der Waals surface area contributed by atoms with Crippen LogP contribution in [-0.4, -0.2) is 43.3 Å². The molecule has 4 aromatic carbocycles. The standard InChI is InChI=1S/C35H37Cl2N3O4S/c1-25-18-19-29(22-31(25)37)40(45(43,44)30-16-9-6-10-17-30)24-33(41)39(23-27-14-11-15-28(36)20-27)32(34(42)38-35(2,3)4)21-26-12-7-5-8-13-26/h5-20,22,32H,21,23-24H2,1-4H3,(H,38,42)/t32-/m0/s1. The number of nitrogens with zero attached hydrogens (tertiary/aromatic N) is 2. The molecule has 4 aromatic rings. The molecule has 236 valence electrons. The summed E-state index contributed by atoms with van der Waals surface area (Å²) in [5, 5.41) is 3.85. The molecule has 0 saturated carbocycles. The first kappa shape index (κ1) is 34.0. The van der Waals surface area contributed by atoms with E-state index in [0.717, 1.165) is 15.4 Å². The van der Waals surface area contributed by atoms with Gasteiger partial charge in [0, 0.05) is 28.5 Å². The first-order chi connectivity index (χ1) is 21.2. The van der Waals surface area contributed by atoms with Gasteiger partial charge in [0.25, 0.3) is 10.0 Å². The zero-order valence-corrected chi connectivity index (χ0v) is 28.0. The second kappa shape index (κ2) is 14.5. The second-order valence-electron chi connectivity index (χ2n) is 11.9. The van der Waals surface area contributed by atoms with Crippen LogP contribution < -0.4 is 9.62 Å². The number of hydrogen-bond donors (Lipinski definition) is 1. The van der Waals surface area contributed by atoms with Gasteiger partial charge in [-0.3, -0.25) is 13.9 Å². The topological polar surface area (TPSA) is 86.8 Å². The molecule has 0 aromatic heterocycles. The molecule has 1 N–H and O–H groups in total. The van der Waals surface area contributed by atoms with Crippen molar-refractivity contribution in [3.8, 4) is 0 Å². The summed E-state index contributed by atoms with van der Waals surface area (Å²) in [7, 11) is -4.22. The van der Waals surface area contributed by atoms with Crippen LogP contribution in [0.2, 0.25) is 10.0 Å². The maximum absolute atomic E-state index is 14.5. The Kier molecular flexibility index (Phi) is 11.0. The lowest BCUT2D eigenvalue weighted by atomic mass is 10.0. The molecule has 10 heteroatoms. The van der Waals surface area contributed by atoms with Crippen LogP contribution in [0.3, 0.4) is 0 Å². The Bertz CT molecular complexity index is 1740. The molecule has 0 aliphatic heterocycles. The fourth-order valence-electron chi connectivity index (χ4n) is 4.82. The number of carbonyl (C=O) groups excluding carboxylic acids is 2. The molecule has 0 aliphatic carbocycles. The lowest BCUT2D eigenvalue weighted by molar-refractivity contribution is -0.140. The van der Waals surface area contributed by atoms with E-state index >= 15 is 0 Å². The van der Waals surface area contributed by atoms with Crippen molar-refractivity contribution in [3.05, 3.63) is 130 Å². The Balaban J connectivity index is 1.83. The quantitative estimate of drug-likeness (QED) is 0.186. The third kappa shape index (κ3) is 9.10. The van der Waals surface area contributed by atoms with Crippen molar-refractivity contribution in [2.45, 2.75) is 57.1 Å². The zero-order valence-electron chi connectivity index (χ0n) is 25.7. The third-order valence-electron chi connectivity index (χ3n) is 7.06. The predicted molar refractivity (Wildman–Crippen MR) is 181 cm³/mol. The summed E-state index contributed by atoms with van der Waals surface area (Å²) in [4.78, 5) is 29.9. The molecule has 0 radical (unpaired) electrons. The number of aryl methyl sites for hydroxylation is 1. The van der Waals surface area contributed by atoms with E-state index in [1.807, 2.05) is 64.1 Å². The van der Waals surface area contributed by atoms with Crippen molar-refractivity contribution in [2.75, 3.05) is 10.8 Å². The van der Waals surface area contributed by atoms with E-state index in [-0.39, 0.29) is 29.5 Å². The Morgan fingerprint density at radius 1 is 0.822 bits per heavy atom. The van der Waals surface area contributed by atoms with E-state index in [4.69, 9.17) is 23.2 Å². The first-order valence-corrected chi connectivity index (χ1v) is 16.7. The predicted octanol–water partition coefficient (Wildman–Crippen LogP) is 7.05. The summed E-state index contributed by atoms with van der Waals surface area (Å²) >= 11 is 12.7. The molecule has 2 amide bonds. The summed E-state index contributed by atoms with van der Waals surface area (Å²) in [5.74, 6) is -0.936. The molecular formula is C35H37Cl2N3O4S. The van der Waals surface area contributed by atoms with Gasteiger partial charge in [-0.15, -0.1) is 0 Å². The highest BCUT2D eigenvalue weighted by atomic mass is 35.5. The number of amides is 2. The fourth-order valence-corrected chi connectivity index (χ4v) is 6.64. The number of halogens is 2. The van der Waals surface area contributed by atoms with E-state index in [2.05, 4.69) is 5.32 Å². The van der Waals surface area contributed by atoms with Crippen LogP contribution in [0, 0.1) is 6.92 Å². The minimum absolute atomic E-state index is 0.0159. The molecular weight excluding hydrogens is 629 g/mol. The third-order valence-corrected chi connectivity index (χ3v) is 9.50. The van der Waals surface area contributed by atoms with E-state index in [1.54, 1.807) is 48.5 Å². The number of sulfonamides is 1. The van der Waals surface area contributed by atoms with Crippen molar-refractivity contribution in [2.24, 2.45) is 0 Å². The van der Waals surface area contributed by atoms with Crippen LogP contribution in [-0.2, 0) is 32.6 Å². The highest BCUT2D eigenvalue weighted by Gasteiger charge is 2.35. The van der Waals surface area contributed by atoms with Gasteiger partial charge in [0.15, 0.2) is 0 Å². The van der Waals surface area contributed by atoms with Gasteiger partial charge in [0.2, 0.25) is 11.8 Å². The maximum atomic E-state index is 14.5. The maximum Gasteiger partial charge on any atom is 0.264 e. The van der Waals surface area contributed by atoms with Crippen LogP contribution >= 0.6 is 23.2 Å². The van der Waals surface area contributed by atoms with Gasteiger partial charge in [-0.1, -0.05) is 89.9 Å². The van der Waals surface area contributed by atoms with Gasteiger partial charge >= 0.3 is 0 Å². The largest absolute Gasteiger partial charge is 0.350 e. The monoisotopic (exact) mass is 665 g/mol. The number of hydrogen-bond acceptors (Lipinski definition) is 4. The molecule has 4 rings (SSSR count). The molecule has 0 heterocycles. The molecule has 0 fully saturated rings. The molecule has 0 unspecified atom stereocenters. The van der Waals surface area contributed by atoms with E-state index in [0.29, 0.717) is 15.6 Å². The Labute approximate surface area is 275 Å². The van der Waals surface area contributed by atoms with Crippen molar-refractivity contribution in [3.63, 3.8) is 0 Å². The SMILES string of the molecule is Cc1ccc(N(CC(=O)N(Cc2cccc(Cl)c2)[C@@H](Cc2ccccc2)C(=O)NC(C)(C)C)S(=O)(=O)c2ccccc2)cc1Cl. The van der Waals surface area contributed by atoms with Gasteiger partial charge < -0.3 is 10.2 Å². The van der Waals surface area contributed by atoms with Gasteiger partial charge in [0.05, 0.1) is 10.6 Å². The van der Waals surface area contributed by atoms with Crippen LogP contribution in [0.15, 0.2) is 108 Å². The lowest BCUT2D eigenvalue weighted by Gasteiger charge is -2.35. The molecule has 0 saturated heterocycles. The fraction of sp³-hybridized carbons (Fsp3) is 0.257. The molecule has 7 nitrogen and oxygen atoms in total. The summed E-state index contributed by atoms with van der Waals surface area (Å²) in [6.07, 6.45) is 0.205. The summed E-state index contributed by atoms with van der Waals surface area (Å²) in [5.41, 5.74) is 1.93. The highest BCUT2D eigenvalue weighted by molar-refractivity contribution is 7.92. The van der Waals surface area contributed by atoms with Crippen LogP contribution in [0.25, 0.3) is 0 Å². The van der Waals surface area contributed by atoms with Crippen molar-refractivity contribution in [1.29, 1.82) is 0 Å². The first-order valence-electron chi connectivity index (χ1n) is 14.5. The van der Waals surface area contributed by atoms with Crippen LogP contribution in [0.1, 0.15) is 37.5 Å². The average Bonchev–Trinajstić information content (AvgIpc) is 2.99. The lowest BCUT2D eigenvalue weighted by Crippen LogP contribution is -2.56. The summed E-state index contributed by atoms with van der Waals surface area (Å²) < 4.78 is 29.2. The molecule has 0 spiro atoms. The average molecular weight is 667 g/mol. The number of rotatable bonds is 11. The molecule has 0 bridgehead atoms.